The van der Waals surface area contributed by atoms with Crippen molar-refractivity contribution in [3.8, 4) is 45.7 Å². The van der Waals surface area contributed by atoms with Crippen molar-refractivity contribution in [1.82, 2.24) is 29.5 Å². The van der Waals surface area contributed by atoms with E-state index in [1.807, 2.05) is 74.9 Å². The molecule has 3 aromatic heterocycles. The van der Waals surface area contributed by atoms with Crippen LogP contribution in [-0.2, 0) is 22.6 Å². The van der Waals surface area contributed by atoms with Gasteiger partial charge in [0.25, 0.3) is 0 Å². The van der Waals surface area contributed by atoms with E-state index in [-0.39, 0.29) is 18.0 Å². The Kier molecular flexibility index (Phi) is 12.1. The maximum absolute atomic E-state index is 11.5. The summed E-state index contributed by atoms with van der Waals surface area (Å²) in [6.45, 7) is 2.04. The average Bonchev–Trinajstić information content (AvgIpc) is 3.66. The summed E-state index contributed by atoms with van der Waals surface area (Å²) < 4.78 is 24.7. The summed E-state index contributed by atoms with van der Waals surface area (Å²) in [7, 11) is 8.87. The highest BCUT2D eigenvalue weighted by molar-refractivity contribution is 6.36. The van der Waals surface area contributed by atoms with Gasteiger partial charge in [-0.3, -0.25) is 14.6 Å². The molecule has 2 aliphatic rings. The van der Waals surface area contributed by atoms with Gasteiger partial charge in [0.1, 0.15) is 5.75 Å². The van der Waals surface area contributed by atoms with Gasteiger partial charge in [-0.1, -0.05) is 48.0 Å². The van der Waals surface area contributed by atoms with Gasteiger partial charge in [-0.2, -0.15) is 10.1 Å². The molecule has 14 heteroatoms. The minimum atomic E-state index is -0.711. The number of fused-ring (bicyclic) bond motifs is 1. The number of carboxylic acid groups (broad SMARTS) is 1. The zero-order valence-electron chi connectivity index (χ0n) is 32.4. The molecular formula is C42H49ClN6O7. The second-order valence-electron chi connectivity index (χ2n) is 14.7. The van der Waals surface area contributed by atoms with Crippen LogP contribution in [0.1, 0.15) is 43.2 Å². The molecule has 1 aliphatic heterocycles. The Labute approximate surface area is 331 Å². The van der Waals surface area contributed by atoms with Crippen molar-refractivity contribution in [2.24, 2.45) is 5.92 Å². The fourth-order valence-corrected chi connectivity index (χ4v) is 8.52. The van der Waals surface area contributed by atoms with Crippen LogP contribution in [0.3, 0.4) is 0 Å². The first-order chi connectivity index (χ1) is 27.1. The van der Waals surface area contributed by atoms with Crippen molar-refractivity contribution < 1.29 is 34.0 Å². The first kappa shape index (κ1) is 39.4. The fraction of sp³-hybridized carbons (Fsp3) is 0.429. The Morgan fingerprint density at radius 1 is 0.893 bits per heavy atom. The van der Waals surface area contributed by atoms with E-state index < -0.39 is 12.1 Å². The lowest BCUT2D eigenvalue weighted by molar-refractivity contribution is -0.143. The topological polar surface area (TPSA) is 145 Å². The van der Waals surface area contributed by atoms with Gasteiger partial charge in [-0.25, -0.2) is 9.67 Å². The maximum atomic E-state index is 11.5. The molecule has 1 aliphatic carbocycles. The second-order valence-corrected chi connectivity index (χ2v) is 15.0. The number of aliphatic hydroxyl groups is 1. The highest BCUT2D eigenvalue weighted by Crippen LogP contribution is 2.40. The standard InChI is InChI=1S/C42H49ClN6O7/c1-47(27-15-12-25(13-16-27)42(51)52)23-32-37(53-3)20-38(46-41(32)55-5)49-34-11-7-8-28(31(34)21-44-49)29-9-6-10-30(39(29)43)33-17-14-26(40(45-33)54-4)22-48(2)35-18-19-56-24-36(35)50/h6-11,14,17,20-21,25,27,35-36,50H,12-13,15-16,18-19,22-24H2,1-5H3,(H,51,52)/t25?,27?,35-,36+/m1/s1. The van der Waals surface area contributed by atoms with E-state index in [0.717, 1.165) is 58.0 Å². The molecule has 0 bridgehead atoms. The van der Waals surface area contributed by atoms with Gasteiger partial charge in [0, 0.05) is 59.9 Å². The van der Waals surface area contributed by atoms with Crippen LogP contribution in [0.4, 0.5) is 0 Å². The highest BCUT2D eigenvalue weighted by atomic mass is 35.5. The number of nitrogens with zero attached hydrogens (tertiary/aromatic N) is 6. The molecule has 0 spiro atoms. The Hall–Kier alpha value is -4.79. The molecule has 7 rings (SSSR count). The summed E-state index contributed by atoms with van der Waals surface area (Å²) in [5.74, 6) is 1.10. The number of hydrogen-bond donors (Lipinski definition) is 2. The van der Waals surface area contributed by atoms with Crippen molar-refractivity contribution in [2.75, 3.05) is 48.6 Å². The smallest absolute Gasteiger partial charge is 0.306 e. The van der Waals surface area contributed by atoms with E-state index >= 15 is 0 Å². The highest BCUT2D eigenvalue weighted by Gasteiger charge is 2.30. The van der Waals surface area contributed by atoms with E-state index in [2.05, 4.69) is 9.80 Å². The minimum absolute atomic E-state index is 0.0123. The molecule has 13 nitrogen and oxygen atoms in total. The van der Waals surface area contributed by atoms with Gasteiger partial charge >= 0.3 is 5.97 Å². The van der Waals surface area contributed by atoms with Gasteiger partial charge in [0.05, 0.1) is 68.0 Å². The fourth-order valence-electron chi connectivity index (χ4n) is 8.19. The summed E-state index contributed by atoms with van der Waals surface area (Å²) in [6, 6.07) is 17.9. The maximum Gasteiger partial charge on any atom is 0.306 e. The molecule has 2 atom stereocenters. The van der Waals surface area contributed by atoms with Crippen LogP contribution in [0.25, 0.3) is 39.1 Å². The number of methoxy groups -OCH3 is 3. The lowest BCUT2D eigenvalue weighted by Crippen LogP contribution is -2.46. The van der Waals surface area contributed by atoms with Crippen LogP contribution in [0, 0.1) is 5.92 Å². The van der Waals surface area contributed by atoms with Gasteiger partial charge in [-0.05, 0) is 63.9 Å². The minimum Gasteiger partial charge on any atom is -0.496 e. The molecule has 1 saturated carbocycles. The summed E-state index contributed by atoms with van der Waals surface area (Å²) in [5.41, 5.74) is 5.70. The lowest BCUT2D eigenvalue weighted by atomic mass is 9.85. The van der Waals surface area contributed by atoms with E-state index in [4.69, 9.17) is 45.6 Å². The van der Waals surface area contributed by atoms with Crippen LogP contribution in [0.15, 0.2) is 60.8 Å². The van der Waals surface area contributed by atoms with Crippen LogP contribution in [0.2, 0.25) is 5.02 Å². The van der Waals surface area contributed by atoms with E-state index in [1.54, 1.807) is 26.0 Å². The van der Waals surface area contributed by atoms with Gasteiger partial charge in [0.15, 0.2) is 5.82 Å². The number of ether oxygens (including phenoxy) is 4. The number of aliphatic hydroxyl groups excluding tert-OH is 1. The van der Waals surface area contributed by atoms with Crippen LogP contribution >= 0.6 is 11.6 Å². The molecule has 0 unspecified atom stereocenters. The number of halogens is 1. The van der Waals surface area contributed by atoms with E-state index in [0.29, 0.717) is 73.2 Å². The summed E-state index contributed by atoms with van der Waals surface area (Å²) in [6.07, 6.45) is 4.98. The van der Waals surface area contributed by atoms with Gasteiger partial charge in [0.2, 0.25) is 11.8 Å². The number of rotatable bonds is 13. The van der Waals surface area contributed by atoms with Gasteiger partial charge < -0.3 is 29.2 Å². The summed E-state index contributed by atoms with van der Waals surface area (Å²) >= 11 is 7.22. The Morgan fingerprint density at radius 2 is 1.62 bits per heavy atom. The quantitative estimate of drug-likeness (QED) is 0.135. The zero-order valence-corrected chi connectivity index (χ0v) is 33.2. The monoisotopic (exact) mass is 784 g/mol. The molecule has 2 aromatic carbocycles. The van der Waals surface area contributed by atoms with Crippen LogP contribution < -0.4 is 14.2 Å². The van der Waals surface area contributed by atoms with Crippen molar-refractivity contribution in [3.05, 3.63) is 76.9 Å². The average molecular weight is 785 g/mol. The van der Waals surface area contributed by atoms with Gasteiger partial charge in [-0.15, -0.1) is 0 Å². The molecular weight excluding hydrogens is 736 g/mol. The Balaban J connectivity index is 1.16. The molecule has 0 radical (unpaired) electrons. The third-order valence-corrected chi connectivity index (χ3v) is 11.7. The van der Waals surface area contributed by atoms with Crippen molar-refractivity contribution in [3.63, 3.8) is 0 Å². The second kappa shape index (κ2) is 17.1. The number of carbonyl (C=O) groups is 1. The number of aromatic nitrogens is 4. The molecule has 1 saturated heterocycles. The number of benzene rings is 2. The number of hydrogen-bond acceptors (Lipinski definition) is 11. The molecule has 2 fully saturated rings. The molecule has 56 heavy (non-hydrogen) atoms. The normalized spacial score (nSPS) is 20.1. The molecule has 296 valence electrons. The summed E-state index contributed by atoms with van der Waals surface area (Å²) in [5, 5.41) is 26.1. The Bertz CT molecular complexity index is 2160. The van der Waals surface area contributed by atoms with Crippen LogP contribution in [0.5, 0.6) is 17.5 Å². The zero-order chi connectivity index (χ0) is 39.5. The number of likely N-dealkylation sites (N-methyl/N-ethyl adjacent to an activating group) is 1. The number of carboxylic acids is 1. The van der Waals surface area contributed by atoms with Crippen molar-refractivity contribution >= 4 is 28.5 Å². The number of aliphatic carboxylic acids is 1. The van der Waals surface area contributed by atoms with E-state index in [9.17, 15) is 15.0 Å². The largest absolute Gasteiger partial charge is 0.496 e. The molecule has 2 N–H and O–H groups in total. The lowest BCUT2D eigenvalue weighted by Gasteiger charge is -2.35. The third-order valence-electron chi connectivity index (χ3n) is 11.3. The first-order valence-corrected chi connectivity index (χ1v) is 19.3. The molecule has 4 heterocycles. The molecule has 5 aromatic rings. The first-order valence-electron chi connectivity index (χ1n) is 18.9. The van der Waals surface area contributed by atoms with Crippen molar-refractivity contribution in [2.45, 2.75) is 63.4 Å². The SMILES string of the molecule is COc1cc(-n2ncc3c(-c4cccc(-c5ccc(CN(C)[C@@H]6CCOC[C@@H]6O)c(OC)n5)c4Cl)cccc32)nc(OC)c1CN(C)C1CCC(C(=O)O)CC1. The molecule has 0 amide bonds. The Morgan fingerprint density at radius 3 is 2.34 bits per heavy atom. The van der Waals surface area contributed by atoms with Crippen molar-refractivity contribution in [1.29, 1.82) is 0 Å². The predicted molar refractivity (Wildman–Crippen MR) is 214 cm³/mol. The van der Waals surface area contributed by atoms with Crippen LogP contribution in [-0.4, -0.2) is 113 Å². The number of pyridine rings is 2. The van der Waals surface area contributed by atoms with E-state index in [1.165, 1.54) is 0 Å². The third kappa shape index (κ3) is 7.91. The predicted octanol–water partition coefficient (Wildman–Crippen LogP) is 6.49. The summed E-state index contributed by atoms with van der Waals surface area (Å²) in [4.78, 5) is 25.6.